The predicted octanol–water partition coefficient (Wildman–Crippen LogP) is 4.97. The average molecular weight is 353 g/mol. The number of methoxy groups -OCH3 is 1. The fourth-order valence-electron chi connectivity index (χ4n) is 2.52. The summed E-state index contributed by atoms with van der Waals surface area (Å²) in [7, 11) is 1.54. The number of benzene rings is 2. The van der Waals surface area contributed by atoms with Crippen LogP contribution in [0.1, 0.15) is 15.9 Å². The Morgan fingerprint density at radius 2 is 1.92 bits per heavy atom. The van der Waals surface area contributed by atoms with Gasteiger partial charge in [-0.05, 0) is 36.8 Å². The largest absolute Gasteiger partial charge is 0.495 e. The van der Waals surface area contributed by atoms with Gasteiger partial charge >= 0.3 is 0 Å². The van der Waals surface area contributed by atoms with Gasteiger partial charge in [-0.3, -0.25) is 9.78 Å². The molecule has 0 aliphatic rings. The molecule has 0 bridgehead atoms. The van der Waals surface area contributed by atoms with E-state index in [2.05, 4.69) is 16.4 Å². The molecule has 0 aliphatic carbocycles. The lowest BCUT2D eigenvalue weighted by Crippen LogP contribution is -2.13. The van der Waals surface area contributed by atoms with E-state index in [1.54, 1.807) is 31.5 Å². The lowest BCUT2D eigenvalue weighted by molar-refractivity contribution is 0.102. The summed E-state index contributed by atoms with van der Waals surface area (Å²) in [5, 5.41) is 3.34. The Morgan fingerprint density at radius 3 is 2.68 bits per heavy atom. The minimum absolute atomic E-state index is 0.275. The van der Waals surface area contributed by atoms with Crippen LogP contribution in [-0.4, -0.2) is 18.0 Å². The number of aryl methyl sites for hydroxylation is 1. The number of halogens is 1. The molecule has 5 heteroatoms. The van der Waals surface area contributed by atoms with Crippen LogP contribution in [0.2, 0.25) is 5.02 Å². The molecule has 4 nitrogen and oxygen atoms in total. The molecule has 0 atom stereocenters. The van der Waals surface area contributed by atoms with E-state index in [9.17, 15) is 4.79 Å². The molecule has 0 saturated carbocycles. The molecule has 1 N–H and O–H groups in total. The lowest BCUT2D eigenvalue weighted by atomic mass is 10.0. The van der Waals surface area contributed by atoms with Crippen molar-refractivity contribution >= 4 is 23.2 Å². The summed E-state index contributed by atoms with van der Waals surface area (Å²) < 4.78 is 5.25. The summed E-state index contributed by atoms with van der Waals surface area (Å²) in [6.45, 7) is 2.03. The number of carbonyl (C=O) groups is 1. The molecular formula is C20H17ClN2O2. The van der Waals surface area contributed by atoms with Crippen LogP contribution in [0.4, 0.5) is 5.69 Å². The molecule has 1 heterocycles. The lowest BCUT2D eigenvalue weighted by Gasteiger charge is -2.11. The van der Waals surface area contributed by atoms with Gasteiger partial charge in [-0.25, -0.2) is 0 Å². The number of nitrogens with zero attached hydrogens (tertiary/aromatic N) is 1. The normalized spacial score (nSPS) is 10.4. The van der Waals surface area contributed by atoms with Gasteiger partial charge in [-0.1, -0.05) is 41.4 Å². The van der Waals surface area contributed by atoms with Crippen LogP contribution in [0.25, 0.3) is 11.1 Å². The Balaban J connectivity index is 1.89. The number of hydrogen-bond donors (Lipinski definition) is 1. The van der Waals surface area contributed by atoms with Crippen molar-refractivity contribution in [1.29, 1.82) is 0 Å². The summed E-state index contributed by atoms with van der Waals surface area (Å²) in [5.41, 5.74) is 4.02. The Hall–Kier alpha value is -2.85. The second-order valence-electron chi connectivity index (χ2n) is 5.63. The van der Waals surface area contributed by atoms with E-state index in [1.807, 2.05) is 31.2 Å². The highest BCUT2D eigenvalue weighted by atomic mass is 35.5. The van der Waals surface area contributed by atoms with Crippen LogP contribution in [0, 0.1) is 6.92 Å². The second-order valence-corrected chi connectivity index (χ2v) is 6.07. The number of carbonyl (C=O) groups excluding carboxylic acids is 1. The van der Waals surface area contributed by atoms with Crippen LogP contribution >= 0.6 is 11.6 Å². The number of anilines is 1. The number of amides is 1. The molecule has 0 saturated heterocycles. The third-order valence-electron chi connectivity index (χ3n) is 3.76. The zero-order valence-electron chi connectivity index (χ0n) is 13.9. The Labute approximate surface area is 151 Å². The van der Waals surface area contributed by atoms with Gasteiger partial charge in [-0.2, -0.15) is 0 Å². The minimum atomic E-state index is -0.275. The number of pyridine rings is 1. The van der Waals surface area contributed by atoms with Gasteiger partial charge in [0.2, 0.25) is 0 Å². The summed E-state index contributed by atoms with van der Waals surface area (Å²) in [6.07, 6.45) is 3.27. The van der Waals surface area contributed by atoms with Crippen molar-refractivity contribution in [3.05, 3.63) is 77.1 Å². The first kappa shape index (κ1) is 17.0. The van der Waals surface area contributed by atoms with Gasteiger partial charge in [0.1, 0.15) is 5.75 Å². The van der Waals surface area contributed by atoms with E-state index in [0.717, 1.165) is 16.7 Å². The molecule has 3 aromatic rings. The maximum atomic E-state index is 12.6. The van der Waals surface area contributed by atoms with Gasteiger partial charge in [0.25, 0.3) is 5.91 Å². The van der Waals surface area contributed by atoms with Crippen molar-refractivity contribution in [3.63, 3.8) is 0 Å². The van der Waals surface area contributed by atoms with E-state index in [1.165, 1.54) is 6.20 Å². The SMILES string of the molecule is COc1ccc(Cl)cc1NC(=O)c1cncc(-c2cccc(C)c2)c1. The molecular weight excluding hydrogens is 336 g/mol. The third-order valence-corrected chi connectivity index (χ3v) is 4.00. The number of nitrogens with one attached hydrogen (secondary N) is 1. The third kappa shape index (κ3) is 3.98. The summed E-state index contributed by atoms with van der Waals surface area (Å²) in [5.74, 6) is 0.267. The number of ether oxygens (including phenoxy) is 1. The zero-order chi connectivity index (χ0) is 17.8. The molecule has 1 amide bonds. The highest BCUT2D eigenvalue weighted by molar-refractivity contribution is 6.31. The fraction of sp³-hybridized carbons (Fsp3) is 0.100. The first-order chi connectivity index (χ1) is 12.1. The highest BCUT2D eigenvalue weighted by Crippen LogP contribution is 2.28. The molecule has 1 aromatic heterocycles. The Bertz CT molecular complexity index is 925. The maximum absolute atomic E-state index is 12.6. The Kier molecular flexibility index (Phi) is 5.00. The van der Waals surface area contributed by atoms with E-state index < -0.39 is 0 Å². The van der Waals surface area contributed by atoms with Crippen molar-refractivity contribution in [3.8, 4) is 16.9 Å². The van der Waals surface area contributed by atoms with Gasteiger partial charge in [0.05, 0.1) is 18.4 Å². The smallest absolute Gasteiger partial charge is 0.257 e. The van der Waals surface area contributed by atoms with Crippen LogP contribution in [-0.2, 0) is 0 Å². The van der Waals surface area contributed by atoms with E-state index in [0.29, 0.717) is 22.0 Å². The molecule has 126 valence electrons. The van der Waals surface area contributed by atoms with Crippen LogP contribution in [0.5, 0.6) is 5.75 Å². The van der Waals surface area contributed by atoms with Crippen molar-refractivity contribution in [2.45, 2.75) is 6.92 Å². The summed E-state index contributed by atoms with van der Waals surface area (Å²) >= 11 is 6.00. The van der Waals surface area contributed by atoms with Gasteiger partial charge in [0, 0.05) is 23.0 Å². The van der Waals surface area contributed by atoms with E-state index >= 15 is 0 Å². The number of rotatable bonds is 4. The Morgan fingerprint density at radius 1 is 1.08 bits per heavy atom. The van der Waals surface area contributed by atoms with Crippen molar-refractivity contribution in [1.82, 2.24) is 4.98 Å². The first-order valence-electron chi connectivity index (χ1n) is 7.74. The molecule has 2 aromatic carbocycles. The number of hydrogen-bond acceptors (Lipinski definition) is 3. The van der Waals surface area contributed by atoms with E-state index in [-0.39, 0.29) is 5.91 Å². The average Bonchev–Trinajstić information content (AvgIpc) is 2.62. The second kappa shape index (κ2) is 7.36. The molecule has 0 aliphatic heterocycles. The molecule has 0 spiro atoms. The van der Waals surface area contributed by atoms with Crippen LogP contribution in [0.15, 0.2) is 60.9 Å². The van der Waals surface area contributed by atoms with Gasteiger partial charge < -0.3 is 10.1 Å². The molecule has 0 radical (unpaired) electrons. The highest BCUT2D eigenvalue weighted by Gasteiger charge is 2.12. The summed E-state index contributed by atoms with van der Waals surface area (Å²) in [4.78, 5) is 16.8. The zero-order valence-corrected chi connectivity index (χ0v) is 14.7. The van der Waals surface area contributed by atoms with Crippen molar-refractivity contribution in [2.75, 3.05) is 12.4 Å². The van der Waals surface area contributed by atoms with Gasteiger partial charge in [-0.15, -0.1) is 0 Å². The first-order valence-corrected chi connectivity index (χ1v) is 8.11. The number of aromatic nitrogens is 1. The topological polar surface area (TPSA) is 51.2 Å². The predicted molar refractivity (Wildman–Crippen MR) is 100 cm³/mol. The van der Waals surface area contributed by atoms with Crippen LogP contribution in [0.3, 0.4) is 0 Å². The fourth-order valence-corrected chi connectivity index (χ4v) is 2.69. The van der Waals surface area contributed by atoms with Crippen molar-refractivity contribution < 1.29 is 9.53 Å². The molecule has 0 fully saturated rings. The monoisotopic (exact) mass is 352 g/mol. The van der Waals surface area contributed by atoms with Gasteiger partial charge in [0.15, 0.2) is 0 Å². The van der Waals surface area contributed by atoms with E-state index in [4.69, 9.17) is 16.3 Å². The summed E-state index contributed by atoms with van der Waals surface area (Å²) in [6, 6.07) is 14.9. The molecule has 0 unspecified atom stereocenters. The maximum Gasteiger partial charge on any atom is 0.257 e. The standard InChI is InChI=1S/C20H17ClN2O2/c1-13-4-3-5-14(8-13)15-9-16(12-22-11-15)20(24)23-18-10-17(21)6-7-19(18)25-2/h3-12H,1-2H3,(H,23,24). The van der Waals surface area contributed by atoms with Crippen LogP contribution < -0.4 is 10.1 Å². The quantitative estimate of drug-likeness (QED) is 0.721. The van der Waals surface area contributed by atoms with Crippen molar-refractivity contribution in [2.24, 2.45) is 0 Å². The molecule has 25 heavy (non-hydrogen) atoms. The minimum Gasteiger partial charge on any atom is -0.495 e. The molecule has 3 rings (SSSR count).